The molecule has 4 N–H and O–H groups in total. The van der Waals surface area contributed by atoms with E-state index in [1.165, 1.54) is 51.4 Å². The monoisotopic (exact) mass is 385 g/mol. The molecule has 144 valence electrons. The third kappa shape index (κ3) is 10.2. The summed E-state index contributed by atoms with van der Waals surface area (Å²) in [5.74, 6) is 0. The Morgan fingerprint density at radius 1 is 0.792 bits per heavy atom. The molecule has 0 aliphatic heterocycles. The van der Waals surface area contributed by atoms with Crippen molar-refractivity contribution < 1.29 is 28.9 Å². The van der Waals surface area contributed by atoms with Crippen LogP contribution in [0.2, 0.25) is 0 Å². The summed E-state index contributed by atoms with van der Waals surface area (Å²) in [5.41, 5.74) is 0. The maximum Gasteiger partial charge on any atom is 0.554 e. The molecule has 2 unspecified atom stereocenters. The van der Waals surface area contributed by atoms with Crippen LogP contribution in [0.4, 0.5) is 0 Å². The average Bonchev–Trinajstić information content (AvgIpc) is 2.50. The summed E-state index contributed by atoms with van der Waals surface area (Å²) in [4.78, 5) is 27.0. The van der Waals surface area contributed by atoms with Crippen LogP contribution < -0.4 is 0 Å². The molecule has 0 radical (unpaired) electrons. The van der Waals surface area contributed by atoms with Crippen molar-refractivity contribution in [3.05, 3.63) is 0 Å². The third-order valence-electron chi connectivity index (χ3n) is 4.39. The van der Waals surface area contributed by atoms with Crippen molar-refractivity contribution >= 4 is 15.6 Å². The Morgan fingerprint density at radius 2 is 1.12 bits per heavy atom. The van der Waals surface area contributed by atoms with Gasteiger partial charge in [-0.05, 0) is 11.0 Å². The Kier molecular flexibility index (Phi) is 13.5. The molecule has 0 saturated carbocycles. The van der Waals surface area contributed by atoms with Crippen molar-refractivity contribution in [3.63, 3.8) is 0 Å². The first-order valence-electron chi connectivity index (χ1n) is 9.20. The van der Waals surface area contributed by atoms with Crippen LogP contribution in [0.1, 0.15) is 96.8 Å². The van der Waals surface area contributed by atoms with Gasteiger partial charge in [-0.15, -0.1) is 0 Å². The predicted molar refractivity (Wildman–Crippen MR) is 97.1 cm³/mol. The van der Waals surface area contributed by atoms with Gasteiger partial charge in [-0.2, -0.15) is 4.89 Å². The second-order valence-electron chi connectivity index (χ2n) is 6.58. The molecule has 0 aromatic heterocycles. The molecular formula is C16H35O6P2+. The van der Waals surface area contributed by atoms with Crippen molar-refractivity contribution in [1.29, 1.82) is 0 Å². The van der Waals surface area contributed by atoms with E-state index in [-0.39, 0.29) is 6.42 Å². The molecular weight excluding hydrogens is 350 g/mol. The molecule has 0 bridgehead atoms. The molecule has 0 aromatic rings. The summed E-state index contributed by atoms with van der Waals surface area (Å²) in [6.07, 6.45) is 14.2. The van der Waals surface area contributed by atoms with Crippen LogP contribution in [-0.4, -0.2) is 24.9 Å². The summed E-state index contributed by atoms with van der Waals surface area (Å²) < 4.78 is 22.2. The molecule has 0 aliphatic carbocycles. The van der Waals surface area contributed by atoms with Crippen LogP contribution in [0.15, 0.2) is 0 Å². The Labute approximate surface area is 147 Å². The number of hydrogen-bond acceptors (Lipinski definition) is 3. The Hall–Kier alpha value is 0.170. The minimum atomic E-state index is -5.01. The van der Waals surface area contributed by atoms with E-state index >= 15 is 0 Å². The van der Waals surface area contributed by atoms with Gasteiger partial charge in [-0.25, -0.2) is 0 Å². The maximum absolute atomic E-state index is 11.1. The van der Waals surface area contributed by atoms with Gasteiger partial charge in [-0.3, -0.25) is 4.57 Å². The van der Waals surface area contributed by atoms with Crippen molar-refractivity contribution in [2.24, 2.45) is 0 Å². The van der Waals surface area contributed by atoms with Crippen LogP contribution >= 0.6 is 15.6 Å². The van der Waals surface area contributed by atoms with Crippen LogP contribution in [0.25, 0.3) is 0 Å². The molecule has 2 atom stereocenters. The summed E-state index contributed by atoms with van der Waals surface area (Å²) in [6, 6.07) is 0. The number of unbranched alkanes of at least 4 members (excludes halogenated alkanes) is 12. The molecule has 0 aromatic carbocycles. The number of hydrogen-bond donors (Lipinski definition) is 4. The molecule has 0 fully saturated rings. The topological polar surface area (TPSA) is 115 Å². The highest BCUT2D eigenvalue weighted by molar-refractivity contribution is 7.66. The van der Waals surface area contributed by atoms with E-state index < -0.39 is 20.7 Å². The fraction of sp³-hybridized carbons (Fsp3) is 1.00. The minimum absolute atomic E-state index is 0.334. The highest BCUT2D eigenvalue weighted by Crippen LogP contribution is 2.62. The van der Waals surface area contributed by atoms with Crippen LogP contribution in [0.3, 0.4) is 0 Å². The predicted octanol–water partition coefficient (Wildman–Crippen LogP) is 5.03. The van der Waals surface area contributed by atoms with Crippen LogP contribution in [0, 0.1) is 0 Å². The van der Waals surface area contributed by atoms with Crippen LogP contribution in [-0.2, 0) is 9.13 Å². The van der Waals surface area contributed by atoms with Gasteiger partial charge in [0.25, 0.3) is 0 Å². The Balaban J connectivity index is 3.57. The lowest BCUT2D eigenvalue weighted by atomic mass is 10.0. The smallest absolute Gasteiger partial charge is 0.337 e. The molecule has 8 heteroatoms. The normalized spacial score (nSPS) is 15.3. The molecule has 0 amide bonds. The van der Waals surface area contributed by atoms with E-state index in [0.29, 0.717) is 12.8 Å². The van der Waals surface area contributed by atoms with E-state index in [1.54, 1.807) is 0 Å². The summed E-state index contributed by atoms with van der Waals surface area (Å²) in [6.45, 7) is 2.22. The SMILES string of the molecule is CCCCCCCCCCCCCCCC(O)([P+](=O)O)P(=O)(O)O. The number of aliphatic hydroxyl groups is 1. The molecule has 0 rings (SSSR count). The second-order valence-corrected chi connectivity index (χ2v) is 10.1. The van der Waals surface area contributed by atoms with Gasteiger partial charge in [0.15, 0.2) is 0 Å². The highest BCUT2D eigenvalue weighted by Gasteiger charge is 2.62. The van der Waals surface area contributed by atoms with Crippen molar-refractivity contribution in [2.75, 3.05) is 0 Å². The van der Waals surface area contributed by atoms with Crippen molar-refractivity contribution in [2.45, 2.75) is 102 Å². The largest absolute Gasteiger partial charge is 0.554 e. The summed E-state index contributed by atoms with van der Waals surface area (Å²) in [5, 5.41) is 6.91. The molecule has 6 nitrogen and oxygen atoms in total. The third-order valence-corrected chi connectivity index (χ3v) is 7.68. The highest BCUT2D eigenvalue weighted by atomic mass is 31.2. The Bertz CT molecular complexity index is 385. The minimum Gasteiger partial charge on any atom is -0.337 e. The van der Waals surface area contributed by atoms with Gasteiger partial charge >= 0.3 is 20.7 Å². The van der Waals surface area contributed by atoms with Gasteiger partial charge < -0.3 is 14.9 Å². The van der Waals surface area contributed by atoms with E-state index in [9.17, 15) is 14.2 Å². The summed E-state index contributed by atoms with van der Waals surface area (Å²) in [7, 11) is -8.34. The van der Waals surface area contributed by atoms with Crippen molar-refractivity contribution in [1.82, 2.24) is 0 Å². The zero-order valence-corrected chi connectivity index (χ0v) is 16.7. The van der Waals surface area contributed by atoms with Gasteiger partial charge in [0.1, 0.15) is 0 Å². The standard InChI is InChI=1S/C16H34O6P2/c1-2-3-4-5-6-7-8-9-10-11-12-13-14-15-16(17,23(18)19)24(20,21)22/h17H,2-15H2,1H3,(H2-,18,19,20,21,22)/p+1. The van der Waals surface area contributed by atoms with Crippen LogP contribution in [0.5, 0.6) is 0 Å². The Morgan fingerprint density at radius 3 is 1.42 bits per heavy atom. The molecule has 24 heavy (non-hydrogen) atoms. The van der Waals surface area contributed by atoms with Crippen molar-refractivity contribution in [3.8, 4) is 0 Å². The lowest BCUT2D eigenvalue weighted by Gasteiger charge is -2.16. The second kappa shape index (κ2) is 13.4. The van der Waals surface area contributed by atoms with Gasteiger partial charge in [0, 0.05) is 6.42 Å². The van der Waals surface area contributed by atoms with E-state index in [2.05, 4.69) is 6.92 Å². The van der Waals surface area contributed by atoms with E-state index in [4.69, 9.17) is 14.7 Å². The molecule has 0 saturated heterocycles. The van der Waals surface area contributed by atoms with E-state index in [0.717, 1.165) is 19.3 Å². The molecule has 0 spiro atoms. The first-order valence-corrected chi connectivity index (χ1v) is 12.0. The van der Waals surface area contributed by atoms with Gasteiger partial charge in [0.05, 0.1) is 0 Å². The first-order chi connectivity index (χ1) is 11.3. The van der Waals surface area contributed by atoms with Gasteiger partial charge in [-0.1, -0.05) is 84.0 Å². The average molecular weight is 385 g/mol. The fourth-order valence-corrected chi connectivity index (χ4v) is 4.42. The van der Waals surface area contributed by atoms with Gasteiger partial charge in [0.2, 0.25) is 0 Å². The zero-order valence-electron chi connectivity index (χ0n) is 14.9. The van der Waals surface area contributed by atoms with E-state index in [1.807, 2.05) is 0 Å². The first kappa shape index (κ1) is 24.2. The molecule has 0 aliphatic rings. The molecule has 0 heterocycles. The zero-order chi connectivity index (χ0) is 18.5. The quantitative estimate of drug-likeness (QED) is 0.219. The lowest BCUT2D eigenvalue weighted by Crippen LogP contribution is -2.23. The fourth-order valence-electron chi connectivity index (χ4n) is 2.73. The lowest BCUT2D eigenvalue weighted by molar-refractivity contribution is 0.143. The number of rotatable bonds is 16. The maximum atomic E-state index is 11.1. The summed E-state index contributed by atoms with van der Waals surface area (Å²) >= 11 is 0.